The zero-order valence-corrected chi connectivity index (χ0v) is 9.83. The molecule has 1 aromatic carbocycles. The zero-order chi connectivity index (χ0) is 11.0. The van der Waals surface area contributed by atoms with Crippen molar-refractivity contribution in [2.45, 2.75) is 0 Å². The van der Waals surface area contributed by atoms with Gasteiger partial charge in [0, 0.05) is 22.0 Å². The molecular formula is C10H6Cl2N2S. The topological polar surface area (TPSA) is 38.9 Å². The molecule has 0 saturated carbocycles. The second kappa shape index (κ2) is 3.93. The van der Waals surface area contributed by atoms with Crippen LogP contribution in [-0.2, 0) is 0 Å². The molecule has 0 aliphatic carbocycles. The van der Waals surface area contributed by atoms with Gasteiger partial charge in [0.25, 0.3) is 0 Å². The number of benzene rings is 1. The Morgan fingerprint density at radius 2 is 2.00 bits per heavy atom. The maximum absolute atomic E-state index is 6.04. The second-order valence-electron chi connectivity index (χ2n) is 3.01. The number of hydrogen-bond donors (Lipinski definition) is 1. The van der Waals surface area contributed by atoms with Crippen molar-refractivity contribution in [3.63, 3.8) is 0 Å². The van der Waals surface area contributed by atoms with E-state index in [2.05, 4.69) is 4.98 Å². The Hall–Kier alpha value is -0.900. The molecule has 1 heterocycles. The molecule has 1 aromatic heterocycles. The van der Waals surface area contributed by atoms with Gasteiger partial charge in [-0.15, -0.1) is 0 Å². The Bertz CT molecular complexity index is 554. The number of fused-ring (bicyclic) bond motifs is 1. The molecule has 0 amide bonds. The number of pyridine rings is 1. The first kappa shape index (κ1) is 10.6. The number of nitrogens with two attached hydrogens (primary N) is 1. The van der Waals surface area contributed by atoms with E-state index in [1.54, 1.807) is 24.4 Å². The van der Waals surface area contributed by atoms with Gasteiger partial charge in [0.1, 0.15) is 10.7 Å². The summed E-state index contributed by atoms with van der Waals surface area (Å²) in [5.74, 6) is 0. The third-order valence-corrected chi connectivity index (χ3v) is 2.75. The lowest BCUT2D eigenvalue weighted by molar-refractivity contribution is 1.33. The van der Waals surface area contributed by atoms with Gasteiger partial charge in [-0.05, 0) is 18.2 Å². The number of thiocarbonyl (C=S) groups is 1. The molecule has 0 radical (unpaired) electrons. The zero-order valence-electron chi connectivity index (χ0n) is 7.50. The lowest BCUT2D eigenvalue weighted by Gasteiger charge is -2.05. The highest BCUT2D eigenvalue weighted by Gasteiger charge is 2.08. The molecular weight excluding hydrogens is 251 g/mol. The molecule has 0 spiro atoms. The normalized spacial score (nSPS) is 10.5. The van der Waals surface area contributed by atoms with Crippen molar-refractivity contribution in [3.8, 4) is 0 Å². The van der Waals surface area contributed by atoms with Crippen molar-refractivity contribution in [1.29, 1.82) is 0 Å². The summed E-state index contributed by atoms with van der Waals surface area (Å²) in [5, 5.41) is 2.73. The average molecular weight is 257 g/mol. The van der Waals surface area contributed by atoms with Crippen LogP contribution in [0.3, 0.4) is 0 Å². The first-order chi connectivity index (χ1) is 7.09. The Labute approximate surface area is 102 Å². The number of rotatable bonds is 1. The lowest BCUT2D eigenvalue weighted by Crippen LogP contribution is -2.11. The minimum atomic E-state index is 0.235. The molecule has 15 heavy (non-hydrogen) atoms. The number of halogens is 2. The van der Waals surface area contributed by atoms with Crippen LogP contribution in [0.4, 0.5) is 0 Å². The van der Waals surface area contributed by atoms with Gasteiger partial charge in [0.15, 0.2) is 0 Å². The van der Waals surface area contributed by atoms with E-state index in [1.165, 1.54) is 0 Å². The van der Waals surface area contributed by atoms with E-state index < -0.39 is 0 Å². The number of aromatic nitrogens is 1. The summed E-state index contributed by atoms with van der Waals surface area (Å²) >= 11 is 16.9. The third-order valence-electron chi connectivity index (χ3n) is 2.03. The van der Waals surface area contributed by atoms with E-state index in [0.29, 0.717) is 15.7 Å². The molecule has 2 rings (SSSR count). The van der Waals surface area contributed by atoms with Crippen molar-refractivity contribution in [1.82, 2.24) is 4.98 Å². The smallest absolute Gasteiger partial charge is 0.123 e. The van der Waals surface area contributed by atoms with E-state index in [4.69, 9.17) is 41.2 Å². The SMILES string of the molecule is NC(=S)c1nccc2c(Cl)cc(Cl)cc12. The summed E-state index contributed by atoms with van der Waals surface area (Å²) in [6.45, 7) is 0. The molecule has 2 N–H and O–H groups in total. The summed E-state index contributed by atoms with van der Waals surface area (Å²) in [5.41, 5.74) is 6.11. The van der Waals surface area contributed by atoms with Crippen LogP contribution >= 0.6 is 35.4 Å². The monoisotopic (exact) mass is 256 g/mol. The predicted octanol–water partition coefficient (Wildman–Crippen LogP) is 3.18. The molecule has 0 unspecified atom stereocenters. The van der Waals surface area contributed by atoms with Gasteiger partial charge < -0.3 is 5.73 Å². The summed E-state index contributed by atoms with van der Waals surface area (Å²) in [6.07, 6.45) is 1.62. The van der Waals surface area contributed by atoms with Crippen molar-refractivity contribution in [2.24, 2.45) is 5.73 Å². The summed E-state index contributed by atoms with van der Waals surface area (Å²) in [7, 11) is 0. The fraction of sp³-hybridized carbons (Fsp3) is 0. The standard InChI is InChI=1S/C10H6Cl2N2S/c11-5-3-7-6(8(12)4-5)1-2-14-9(7)10(13)15/h1-4H,(H2,13,15). The molecule has 2 nitrogen and oxygen atoms in total. The molecule has 76 valence electrons. The molecule has 0 atom stereocenters. The third kappa shape index (κ3) is 1.91. The van der Waals surface area contributed by atoms with Crippen molar-refractivity contribution >= 4 is 51.2 Å². The van der Waals surface area contributed by atoms with Gasteiger partial charge in [-0.1, -0.05) is 35.4 Å². The predicted molar refractivity (Wildman–Crippen MR) is 67.7 cm³/mol. The molecule has 0 aliphatic rings. The highest BCUT2D eigenvalue weighted by atomic mass is 35.5. The van der Waals surface area contributed by atoms with E-state index in [-0.39, 0.29) is 4.99 Å². The molecule has 0 fully saturated rings. The van der Waals surface area contributed by atoms with E-state index in [0.717, 1.165) is 10.8 Å². The first-order valence-corrected chi connectivity index (χ1v) is 5.29. The average Bonchev–Trinajstić information content (AvgIpc) is 2.16. The Kier molecular flexibility index (Phi) is 2.78. The number of nitrogens with zero attached hydrogens (tertiary/aromatic N) is 1. The van der Waals surface area contributed by atoms with E-state index >= 15 is 0 Å². The van der Waals surface area contributed by atoms with Crippen LogP contribution in [0.5, 0.6) is 0 Å². The Balaban J connectivity index is 2.91. The number of hydrogen-bond acceptors (Lipinski definition) is 2. The maximum Gasteiger partial charge on any atom is 0.123 e. The summed E-state index contributed by atoms with van der Waals surface area (Å²) < 4.78 is 0. The van der Waals surface area contributed by atoms with Gasteiger partial charge >= 0.3 is 0 Å². The van der Waals surface area contributed by atoms with Gasteiger partial charge in [-0.2, -0.15) is 0 Å². The molecule has 5 heteroatoms. The highest BCUT2D eigenvalue weighted by molar-refractivity contribution is 7.80. The second-order valence-corrected chi connectivity index (χ2v) is 4.29. The van der Waals surface area contributed by atoms with Crippen LogP contribution in [0.15, 0.2) is 24.4 Å². The van der Waals surface area contributed by atoms with Crippen molar-refractivity contribution in [3.05, 3.63) is 40.1 Å². The summed E-state index contributed by atoms with van der Waals surface area (Å²) in [4.78, 5) is 4.34. The Morgan fingerprint density at radius 1 is 1.27 bits per heavy atom. The fourth-order valence-electron chi connectivity index (χ4n) is 1.40. The van der Waals surface area contributed by atoms with Crippen LogP contribution in [0.2, 0.25) is 10.0 Å². The highest BCUT2D eigenvalue weighted by Crippen LogP contribution is 2.28. The lowest BCUT2D eigenvalue weighted by atomic mass is 10.1. The van der Waals surface area contributed by atoms with Gasteiger partial charge in [0.05, 0.1) is 5.02 Å². The fourth-order valence-corrected chi connectivity index (χ4v) is 2.12. The molecule has 0 aliphatic heterocycles. The van der Waals surface area contributed by atoms with E-state index in [1.807, 2.05) is 0 Å². The maximum atomic E-state index is 6.04. The van der Waals surface area contributed by atoms with Crippen molar-refractivity contribution < 1.29 is 0 Å². The molecule has 0 bridgehead atoms. The van der Waals surface area contributed by atoms with Crippen LogP contribution in [0.1, 0.15) is 5.69 Å². The van der Waals surface area contributed by atoms with Crippen LogP contribution in [0.25, 0.3) is 10.8 Å². The Morgan fingerprint density at radius 3 is 2.67 bits per heavy atom. The van der Waals surface area contributed by atoms with Crippen LogP contribution < -0.4 is 5.73 Å². The molecule has 2 aromatic rings. The molecule has 0 saturated heterocycles. The minimum absolute atomic E-state index is 0.235. The van der Waals surface area contributed by atoms with Crippen molar-refractivity contribution in [2.75, 3.05) is 0 Å². The quantitative estimate of drug-likeness (QED) is 0.797. The largest absolute Gasteiger partial charge is 0.388 e. The van der Waals surface area contributed by atoms with Gasteiger partial charge in [0.2, 0.25) is 0 Å². The summed E-state index contributed by atoms with van der Waals surface area (Å²) in [6, 6.07) is 5.23. The minimum Gasteiger partial charge on any atom is -0.388 e. The van der Waals surface area contributed by atoms with Crippen LogP contribution in [0, 0.1) is 0 Å². The van der Waals surface area contributed by atoms with Gasteiger partial charge in [-0.3, -0.25) is 4.98 Å². The van der Waals surface area contributed by atoms with Gasteiger partial charge in [-0.25, -0.2) is 0 Å². The van der Waals surface area contributed by atoms with E-state index in [9.17, 15) is 0 Å². The first-order valence-electron chi connectivity index (χ1n) is 4.13. The van der Waals surface area contributed by atoms with Crippen LogP contribution in [-0.4, -0.2) is 9.97 Å².